The summed E-state index contributed by atoms with van der Waals surface area (Å²) in [5.74, 6) is 0.328. The van der Waals surface area contributed by atoms with Gasteiger partial charge in [-0.25, -0.2) is 14.4 Å². The predicted octanol–water partition coefficient (Wildman–Crippen LogP) is 1.97. The van der Waals surface area contributed by atoms with E-state index < -0.39 is 0 Å². The summed E-state index contributed by atoms with van der Waals surface area (Å²) in [5.41, 5.74) is 7.04. The largest absolute Gasteiger partial charge is 0.394 e. The highest BCUT2D eigenvalue weighted by atomic mass is 19.1. The number of benzene rings is 1. The van der Waals surface area contributed by atoms with Crippen molar-refractivity contribution in [2.75, 3.05) is 17.7 Å². The summed E-state index contributed by atoms with van der Waals surface area (Å²) < 4.78 is 12.8. The zero-order chi connectivity index (χ0) is 11.5. The molecule has 0 radical (unpaired) electrons. The molecule has 0 aliphatic rings. The van der Waals surface area contributed by atoms with Crippen molar-refractivity contribution in [3.8, 4) is 0 Å². The van der Waals surface area contributed by atoms with Crippen LogP contribution in [-0.2, 0) is 0 Å². The molecule has 0 bridgehead atoms. The lowest BCUT2D eigenvalue weighted by atomic mass is 10.3. The van der Waals surface area contributed by atoms with E-state index in [1.165, 1.54) is 24.7 Å². The molecule has 16 heavy (non-hydrogen) atoms. The molecule has 0 amide bonds. The van der Waals surface area contributed by atoms with Gasteiger partial charge in [-0.2, -0.15) is 0 Å². The Bertz CT molecular complexity index is 484. The highest BCUT2D eigenvalue weighted by Crippen LogP contribution is 2.25. The highest BCUT2D eigenvalue weighted by molar-refractivity contribution is 5.69. The predicted molar refractivity (Wildman–Crippen MR) is 60.9 cm³/mol. The molecule has 0 unspecified atom stereocenters. The summed E-state index contributed by atoms with van der Waals surface area (Å²) in [6.45, 7) is 0. The average molecular weight is 218 g/mol. The Kier molecular flexibility index (Phi) is 2.68. The van der Waals surface area contributed by atoms with E-state index in [0.717, 1.165) is 5.69 Å². The Labute approximate surface area is 92.6 Å². The van der Waals surface area contributed by atoms with Crippen molar-refractivity contribution in [2.24, 2.45) is 0 Å². The zero-order valence-electron chi connectivity index (χ0n) is 8.76. The van der Waals surface area contributed by atoms with Crippen LogP contribution in [0, 0.1) is 5.82 Å². The molecule has 1 aromatic heterocycles. The lowest BCUT2D eigenvalue weighted by molar-refractivity contribution is 0.628. The molecule has 0 aliphatic carbocycles. The number of hydrogen-bond acceptors (Lipinski definition) is 4. The molecular formula is C11H11FN4. The van der Waals surface area contributed by atoms with Gasteiger partial charge in [0, 0.05) is 12.7 Å². The molecule has 0 fully saturated rings. The summed E-state index contributed by atoms with van der Waals surface area (Å²) in [5, 5.41) is 0. The van der Waals surface area contributed by atoms with Crippen LogP contribution in [0.1, 0.15) is 0 Å². The van der Waals surface area contributed by atoms with Crippen LogP contribution in [0.5, 0.6) is 0 Å². The third kappa shape index (κ3) is 1.93. The fraction of sp³-hybridized carbons (Fsp3) is 0.0909. The van der Waals surface area contributed by atoms with E-state index in [2.05, 4.69) is 9.97 Å². The van der Waals surface area contributed by atoms with Gasteiger partial charge in [0.2, 0.25) is 0 Å². The molecule has 0 spiro atoms. The number of aromatic nitrogens is 2. The third-order valence-electron chi connectivity index (χ3n) is 2.25. The SMILES string of the molecule is CN(c1ccc(F)cc1)c1ncncc1N. The standard InChI is InChI=1S/C11H11FN4/c1-16(9-4-2-8(12)3-5-9)11-10(13)6-14-7-15-11/h2-7H,13H2,1H3. The number of nitrogen functional groups attached to an aromatic ring is 1. The summed E-state index contributed by atoms with van der Waals surface area (Å²) >= 11 is 0. The smallest absolute Gasteiger partial charge is 0.159 e. The maximum Gasteiger partial charge on any atom is 0.159 e. The first kappa shape index (κ1) is 10.4. The topological polar surface area (TPSA) is 55.0 Å². The number of halogens is 1. The summed E-state index contributed by atoms with van der Waals surface area (Å²) in [4.78, 5) is 9.66. The molecule has 1 heterocycles. The van der Waals surface area contributed by atoms with Gasteiger partial charge in [-0.15, -0.1) is 0 Å². The molecule has 0 aliphatic heterocycles. The molecule has 0 atom stereocenters. The Morgan fingerprint density at radius 1 is 1.25 bits per heavy atom. The summed E-state index contributed by atoms with van der Waals surface area (Å²) in [6, 6.07) is 6.11. The van der Waals surface area contributed by atoms with E-state index in [9.17, 15) is 4.39 Å². The van der Waals surface area contributed by atoms with Crippen LogP contribution in [0.25, 0.3) is 0 Å². The first-order valence-corrected chi connectivity index (χ1v) is 4.73. The van der Waals surface area contributed by atoms with Gasteiger partial charge in [-0.1, -0.05) is 0 Å². The van der Waals surface area contributed by atoms with Crippen LogP contribution >= 0.6 is 0 Å². The van der Waals surface area contributed by atoms with Crippen molar-refractivity contribution in [2.45, 2.75) is 0 Å². The van der Waals surface area contributed by atoms with Crippen molar-refractivity contribution in [3.05, 3.63) is 42.6 Å². The van der Waals surface area contributed by atoms with Gasteiger partial charge in [0.25, 0.3) is 0 Å². The molecular weight excluding hydrogens is 207 g/mol. The average Bonchev–Trinajstić information content (AvgIpc) is 2.30. The van der Waals surface area contributed by atoms with Gasteiger partial charge in [-0.05, 0) is 24.3 Å². The van der Waals surface area contributed by atoms with E-state index in [-0.39, 0.29) is 5.82 Å². The van der Waals surface area contributed by atoms with Gasteiger partial charge >= 0.3 is 0 Å². The number of nitrogens with two attached hydrogens (primary N) is 1. The Hall–Kier alpha value is -2.17. The second-order valence-electron chi connectivity index (χ2n) is 3.34. The quantitative estimate of drug-likeness (QED) is 0.837. The van der Waals surface area contributed by atoms with Gasteiger partial charge < -0.3 is 10.6 Å². The molecule has 2 rings (SSSR count). The van der Waals surface area contributed by atoms with Gasteiger partial charge in [0.05, 0.1) is 11.9 Å². The van der Waals surface area contributed by atoms with Crippen molar-refractivity contribution >= 4 is 17.2 Å². The van der Waals surface area contributed by atoms with E-state index >= 15 is 0 Å². The Morgan fingerprint density at radius 3 is 2.56 bits per heavy atom. The molecule has 0 saturated carbocycles. The lowest BCUT2D eigenvalue weighted by Crippen LogP contribution is -2.13. The Morgan fingerprint density at radius 2 is 1.94 bits per heavy atom. The van der Waals surface area contributed by atoms with Gasteiger partial charge in [0.1, 0.15) is 12.1 Å². The molecule has 2 N–H and O–H groups in total. The van der Waals surface area contributed by atoms with Crippen molar-refractivity contribution in [3.63, 3.8) is 0 Å². The Balaban J connectivity index is 2.35. The fourth-order valence-corrected chi connectivity index (χ4v) is 1.40. The third-order valence-corrected chi connectivity index (χ3v) is 2.25. The number of rotatable bonds is 2. The van der Waals surface area contributed by atoms with Crippen LogP contribution in [0.4, 0.5) is 21.6 Å². The van der Waals surface area contributed by atoms with Gasteiger partial charge in [-0.3, -0.25) is 0 Å². The summed E-state index contributed by atoms with van der Waals surface area (Å²) in [7, 11) is 1.81. The minimum Gasteiger partial charge on any atom is -0.394 e. The van der Waals surface area contributed by atoms with Crippen LogP contribution in [0.3, 0.4) is 0 Å². The molecule has 82 valence electrons. The number of nitrogens with zero attached hydrogens (tertiary/aromatic N) is 3. The zero-order valence-corrected chi connectivity index (χ0v) is 8.76. The molecule has 1 aromatic carbocycles. The molecule has 2 aromatic rings. The normalized spacial score (nSPS) is 10.1. The van der Waals surface area contributed by atoms with Crippen LogP contribution in [0.15, 0.2) is 36.8 Å². The van der Waals surface area contributed by atoms with Crippen molar-refractivity contribution in [1.82, 2.24) is 9.97 Å². The molecule has 4 nitrogen and oxygen atoms in total. The van der Waals surface area contributed by atoms with Crippen molar-refractivity contribution in [1.29, 1.82) is 0 Å². The first-order chi connectivity index (χ1) is 7.68. The summed E-state index contributed by atoms with van der Waals surface area (Å²) in [6.07, 6.45) is 2.95. The van der Waals surface area contributed by atoms with Crippen LogP contribution in [0.2, 0.25) is 0 Å². The maximum absolute atomic E-state index is 12.8. The molecule has 0 saturated heterocycles. The second kappa shape index (κ2) is 4.14. The van der Waals surface area contributed by atoms with Crippen LogP contribution < -0.4 is 10.6 Å². The number of anilines is 3. The van der Waals surface area contributed by atoms with E-state index in [1.54, 1.807) is 17.0 Å². The monoisotopic (exact) mass is 218 g/mol. The van der Waals surface area contributed by atoms with Crippen molar-refractivity contribution < 1.29 is 4.39 Å². The number of hydrogen-bond donors (Lipinski definition) is 1. The second-order valence-corrected chi connectivity index (χ2v) is 3.34. The van der Waals surface area contributed by atoms with E-state index in [1.807, 2.05) is 7.05 Å². The fourth-order valence-electron chi connectivity index (χ4n) is 1.40. The first-order valence-electron chi connectivity index (χ1n) is 4.73. The van der Waals surface area contributed by atoms with E-state index in [0.29, 0.717) is 11.5 Å². The minimum absolute atomic E-state index is 0.271. The highest BCUT2D eigenvalue weighted by Gasteiger charge is 2.08. The maximum atomic E-state index is 12.8. The molecule has 5 heteroatoms. The van der Waals surface area contributed by atoms with Crippen LogP contribution in [-0.4, -0.2) is 17.0 Å². The minimum atomic E-state index is -0.271. The van der Waals surface area contributed by atoms with Gasteiger partial charge in [0.15, 0.2) is 5.82 Å². The van der Waals surface area contributed by atoms with E-state index in [4.69, 9.17) is 5.73 Å². The lowest BCUT2D eigenvalue weighted by Gasteiger charge is -2.19.